The molecule has 1 fully saturated rings. The number of rotatable bonds is 2. The monoisotopic (exact) mass is 205 g/mol. The summed E-state index contributed by atoms with van der Waals surface area (Å²) in [6.07, 6.45) is 2.40. The van der Waals surface area contributed by atoms with Gasteiger partial charge in [-0.05, 0) is 43.5 Å². The fourth-order valence-corrected chi connectivity index (χ4v) is 2.15. The molecule has 1 aliphatic heterocycles. The van der Waals surface area contributed by atoms with E-state index in [9.17, 15) is 0 Å². The van der Waals surface area contributed by atoms with Gasteiger partial charge in [0.25, 0.3) is 0 Å². The Morgan fingerprint density at radius 1 is 1.27 bits per heavy atom. The standard InChI is InChI=1S/C12H19N3/c13-9-10-4-6-15(7-5-10)12-3-1-2-11(14)8-12/h1-3,8,10H,4-7,9,13-14H2. The number of hydrogen-bond acceptors (Lipinski definition) is 3. The molecular weight excluding hydrogens is 186 g/mol. The Morgan fingerprint density at radius 2 is 2.00 bits per heavy atom. The van der Waals surface area contributed by atoms with Crippen LogP contribution in [0.1, 0.15) is 12.8 Å². The lowest BCUT2D eigenvalue weighted by Gasteiger charge is -2.33. The van der Waals surface area contributed by atoms with Crippen molar-refractivity contribution >= 4 is 11.4 Å². The molecule has 4 N–H and O–H groups in total. The second kappa shape index (κ2) is 4.53. The van der Waals surface area contributed by atoms with Gasteiger partial charge in [0.15, 0.2) is 0 Å². The van der Waals surface area contributed by atoms with Crippen molar-refractivity contribution in [2.24, 2.45) is 11.7 Å². The van der Waals surface area contributed by atoms with Crippen LogP contribution in [-0.4, -0.2) is 19.6 Å². The zero-order valence-electron chi connectivity index (χ0n) is 9.02. The molecule has 1 heterocycles. The smallest absolute Gasteiger partial charge is 0.0386 e. The largest absolute Gasteiger partial charge is 0.399 e. The molecule has 0 aliphatic carbocycles. The van der Waals surface area contributed by atoms with Crippen molar-refractivity contribution in [3.63, 3.8) is 0 Å². The van der Waals surface area contributed by atoms with Crippen LogP contribution in [0.4, 0.5) is 11.4 Å². The fraction of sp³-hybridized carbons (Fsp3) is 0.500. The van der Waals surface area contributed by atoms with Crippen molar-refractivity contribution in [1.29, 1.82) is 0 Å². The lowest BCUT2D eigenvalue weighted by atomic mass is 9.97. The number of piperidine rings is 1. The Bertz CT molecular complexity index is 316. The van der Waals surface area contributed by atoms with Crippen molar-refractivity contribution in [2.45, 2.75) is 12.8 Å². The van der Waals surface area contributed by atoms with E-state index in [1.807, 2.05) is 18.2 Å². The molecule has 1 aliphatic rings. The summed E-state index contributed by atoms with van der Waals surface area (Å²) in [6.45, 7) is 3.03. The minimum Gasteiger partial charge on any atom is -0.399 e. The molecule has 0 radical (unpaired) electrons. The molecule has 1 aromatic carbocycles. The molecule has 1 saturated heterocycles. The molecule has 82 valence electrons. The molecule has 15 heavy (non-hydrogen) atoms. The number of hydrogen-bond donors (Lipinski definition) is 2. The summed E-state index contributed by atoms with van der Waals surface area (Å²) in [5.74, 6) is 0.710. The molecule has 3 nitrogen and oxygen atoms in total. The molecule has 0 saturated carbocycles. The highest BCUT2D eigenvalue weighted by Gasteiger charge is 2.17. The summed E-state index contributed by atoms with van der Waals surface area (Å²) >= 11 is 0. The van der Waals surface area contributed by atoms with Crippen molar-refractivity contribution in [3.8, 4) is 0 Å². The van der Waals surface area contributed by atoms with Crippen molar-refractivity contribution in [3.05, 3.63) is 24.3 Å². The molecule has 0 spiro atoms. The molecule has 0 bridgehead atoms. The molecule has 2 rings (SSSR count). The van der Waals surface area contributed by atoms with E-state index in [1.54, 1.807) is 0 Å². The summed E-state index contributed by atoms with van der Waals surface area (Å²) in [4.78, 5) is 2.39. The zero-order chi connectivity index (χ0) is 10.7. The average molecular weight is 205 g/mol. The van der Waals surface area contributed by atoms with Crippen LogP contribution < -0.4 is 16.4 Å². The second-order valence-electron chi connectivity index (χ2n) is 4.26. The highest BCUT2D eigenvalue weighted by Crippen LogP contribution is 2.23. The minimum atomic E-state index is 0.710. The SMILES string of the molecule is NCC1CCN(c2cccc(N)c2)CC1. The number of nitrogens with two attached hydrogens (primary N) is 2. The van der Waals surface area contributed by atoms with Crippen LogP contribution in [0.2, 0.25) is 0 Å². The van der Waals surface area contributed by atoms with Gasteiger partial charge in [0.2, 0.25) is 0 Å². The van der Waals surface area contributed by atoms with Crippen LogP contribution in [0.15, 0.2) is 24.3 Å². The first-order valence-electron chi connectivity index (χ1n) is 5.60. The van der Waals surface area contributed by atoms with Gasteiger partial charge in [-0.15, -0.1) is 0 Å². The molecule has 1 aromatic rings. The normalized spacial score (nSPS) is 18.1. The summed E-state index contributed by atoms with van der Waals surface area (Å²) in [5.41, 5.74) is 13.5. The Kier molecular flexibility index (Phi) is 3.11. The van der Waals surface area contributed by atoms with E-state index in [4.69, 9.17) is 11.5 Å². The average Bonchev–Trinajstić information content (AvgIpc) is 2.29. The Labute approximate surface area is 91.1 Å². The van der Waals surface area contributed by atoms with E-state index in [1.165, 1.54) is 18.5 Å². The van der Waals surface area contributed by atoms with Crippen LogP contribution in [0.5, 0.6) is 0 Å². The topological polar surface area (TPSA) is 55.3 Å². The molecule has 3 heteroatoms. The first-order chi connectivity index (χ1) is 7.29. The van der Waals surface area contributed by atoms with Gasteiger partial charge in [-0.3, -0.25) is 0 Å². The predicted molar refractivity (Wildman–Crippen MR) is 64.8 cm³/mol. The van der Waals surface area contributed by atoms with Crippen LogP contribution in [0.3, 0.4) is 0 Å². The third kappa shape index (κ3) is 2.42. The lowest BCUT2D eigenvalue weighted by Crippen LogP contribution is -2.36. The molecule has 0 unspecified atom stereocenters. The fourth-order valence-electron chi connectivity index (χ4n) is 2.15. The Balaban J connectivity index is 2.01. The maximum Gasteiger partial charge on any atom is 0.0386 e. The highest BCUT2D eigenvalue weighted by atomic mass is 15.1. The van der Waals surface area contributed by atoms with Gasteiger partial charge in [-0.1, -0.05) is 6.07 Å². The van der Waals surface area contributed by atoms with Crippen LogP contribution >= 0.6 is 0 Å². The Hall–Kier alpha value is -1.22. The second-order valence-corrected chi connectivity index (χ2v) is 4.26. The van der Waals surface area contributed by atoms with Crippen LogP contribution in [-0.2, 0) is 0 Å². The van der Waals surface area contributed by atoms with Crippen molar-refractivity contribution in [1.82, 2.24) is 0 Å². The van der Waals surface area contributed by atoms with E-state index in [0.29, 0.717) is 5.92 Å². The van der Waals surface area contributed by atoms with E-state index in [0.717, 1.165) is 25.3 Å². The van der Waals surface area contributed by atoms with Gasteiger partial charge in [-0.25, -0.2) is 0 Å². The summed E-state index contributed by atoms with van der Waals surface area (Å²) in [7, 11) is 0. The van der Waals surface area contributed by atoms with Gasteiger partial charge in [0.05, 0.1) is 0 Å². The number of anilines is 2. The van der Waals surface area contributed by atoms with Gasteiger partial charge < -0.3 is 16.4 Å². The number of nitrogen functional groups attached to an aromatic ring is 1. The first-order valence-corrected chi connectivity index (χ1v) is 5.60. The van der Waals surface area contributed by atoms with E-state index >= 15 is 0 Å². The van der Waals surface area contributed by atoms with Gasteiger partial charge in [0.1, 0.15) is 0 Å². The first kappa shape index (κ1) is 10.3. The summed E-state index contributed by atoms with van der Waals surface area (Å²) in [5, 5.41) is 0. The maximum absolute atomic E-state index is 5.77. The van der Waals surface area contributed by atoms with E-state index in [2.05, 4.69) is 11.0 Å². The van der Waals surface area contributed by atoms with Gasteiger partial charge >= 0.3 is 0 Å². The summed E-state index contributed by atoms with van der Waals surface area (Å²) < 4.78 is 0. The lowest BCUT2D eigenvalue weighted by molar-refractivity contribution is 0.414. The quantitative estimate of drug-likeness (QED) is 0.718. The van der Waals surface area contributed by atoms with Gasteiger partial charge in [-0.2, -0.15) is 0 Å². The maximum atomic E-state index is 5.77. The predicted octanol–water partition coefficient (Wildman–Crippen LogP) is 1.44. The van der Waals surface area contributed by atoms with E-state index in [-0.39, 0.29) is 0 Å². The van der Waals surface area contributed by atoms with Crippen LogP contribution in [0.25, 0.3) is 0 Å². The van der Waals surface area contributed by atoms with Gasteiger partial charge in [0, 0.05) is 24.5 Å². The molecule has 0 atom stereocenters. The zero-order valence-corrected chi connectivity index (χ0v) is 9.02. The van der Waals surface area contributed by atoms with Crippen molar-refractivity contribution < 1.29 is 0 Å². The molecule has 0 amide bonds. The van der Waals surface area contributed by atoms with Crippen LogP contribution in [0, 0.1) is 5.92 Å². The Morgan fingerprint density at radius 3 is 2.60 bits per heavy atom. The third-order valence-corrected chi connectivity index (χ3v) is 3.18. The minimum absolute atomic E-state index is 0.710. The molecular formula is C12H19N3. The summed E-state index contributed by atoms with van der Waals surface area (Å²) in [6, 6.07) is 8.11. The number of nitrogens with zero attached hydrogens (tertiary/aromatic N) is 1. The van der Waals surface area contributed by atoms with E-state index < -0.39 is 0 Å². The third-order valence-electron chi connectivity index (χ3n) is 3.18. The highest BCUT2D eigenvalue weighted by molar-refractivity contribution is 5.56. The van der Waals surface area contributed by atoms with Crippen molar-refractivity contribution in [2.75, 3.05) is 30.3 Å². The molecule has 0 aromatic heterocycles. The number of benzene rings is 1.